The maximum atomic E-state index is 13.5. The number of hydrogen-bond donors (Lipinski definition) is 0. The molecular formula is C26H25NO5. The highest BCUT2D eigenvalue weighted by Crippen LogP contribution is 2.48. The Morgan fingerprint density at radius 1 is 1.06 bits per heavy atom. The molecule has 2 aromatic rings. The lowest BCUT2D eigenvalue weighted by molar-refractivity contribution is -0.146. The Morgan fingerprint density at radius 3 is 2.62 bits per heavy atom. The molecule has 6 nitrogen and oxygen atoms in total. The highest BCUT2D eigenvalue weighted by molar-refractivity contribution is 6.09. The summed E-state index contributed by atoms with van der Waals surface area (Å²) in [5.41, 5.74) is 4.04. The fourth-order valence-electron chi connectivity index (χ4n) is 5.02. The molecule has 6 heteroatoms. The Labute approximate surface area is 186 Å². The molecule has 0 N–H and O–H groups in total. The Kier molecular flexibility index (Phi) is 5.29. The lowest BCUT2D eigenvalue weighted by Gasteiger charge is -2.36. The lowest BCUT2D eigenvalue weighted by Crippen LogP contribution is -2.38. The third kappa shape index (κ3) is 3.49. The molecule has 32 heavy (non-hydrogen) atoms. The first-order valence-electron chi connectivity index (χ1n) is 11.0. The molecule has 2 aromatic carbocycles. The molecule has 2 heterocycles. The summed E-state index contributed by atoms with van der Waals surface area (Å²) in [5, 5.41) is 0. The van der Waals surface area contributed by atoms with Crippen LogP contribution in [0.4, 0.5) is 0 Å². The lowest BCUT2D eigenvalue weighted by atomic mass is 9.69. The maximum Gasteiger partial charge on any atom is 0.315 e. The van der Waals surface area contributed by atoms with E-state index in [1.54, 1.807) is 6.92 Å². The third-order valence-corrected chi connectivity index (χ3v) is 6.46. The minimum absolute atomic E-state index is 0.0355. The molecule has 0 bridgehead atoms. The summed E-state index contributed by atoms with van der Waals surface area (Å²) in [6.07, 6.45) is 1.06. The minimum Gasteiger partial charge on any atom is -0.465 e. The quantitative estimate of drug-likeness (QED) is 0.664. The number of benzene rings is 2. The molecule has 5 rings (SSSR count). The van der Waals surface area contributed by atoms with E-state index in [4.69, 9.17) is 19.2 Å². The molecule has 0 radical (unpaired) electrons. The molecule has 3 aliphatic rings. The van der Waals surface area contributed by atoms with Gasteiger partial charge in [0.2, 0.25) is 6.79 Å². The average molecular weight is 431 g/mol. The maximum absolute atomic E-state index is 13.5. The van der Waals surface area contributed by atoms with Crippen molar-refractivity contribution in [2.24, 2.45) is 10.9 Å². The predicted molar refractivity (Wildman–Crippen MR) is 119 cm³/mol. The van der Waals surface area contributed by atoms with Crippen LogP contribution in [-0.2, 0) is 14.3 Å². The largest absolute Gasteiger partial charge is 0.465 e. The SMILES string of the molecule is CCOC(=O)C1C(C)=NC2=C(C(=O)C[C@@H](c3ccccc3)C2)[C@H]1c1ccc2c(c1)OCO2. The summed E-state index contributed by atoms with van der Waals surface area (Å²) < 4.78 is 16.4. The van der Waals surface area contributed by atoms with Gasteiger partial charge in [0.25, 0.3) is 0 Å². The van der Waals surface area contributed by atoms with E-state index < -0.39 is 11.8 Å². The number of ketones is 1. The van der Waals surface area contributed by atoms with Crippen LogP contribution < -0.4 is 9.47 Å². The van der Waals surface area contributed by atoms with E-state index >= 15 is 0 Å². The number of Topliss-reactive ketones (excluding diaryl/α,β-unsaturated/α-hetero) is 1. The minimum atomic E-state index is -0.647. The number of nitrogens with zero attached hydrogens (tertiary/aromatic N) is 1. The zero-order valence-electron chi connectivity index (χ0n) is 18.2. The number of esters is 1. The number of hydrogen-bond acceptors (Lipinski definition) is 6. The van der Waals surface area contributed by atoms with Gasteiger partial charge in [0.05, 0.1) is 6.61 Å². The first-order chi connectivity index (χ1) is 15.6. The normalized spacial score (nSPS) is 24.1. The summed E-state index contributed by atoms with van der Waals surface area (Å²) >= 11 is 0. The molecule has 164 valence electrons. The van der Waals surface area contributed by atoms with Crippen LogP contribution >= 0.6 is 0 Å². The Morgan fingerprint density at radius 2 is 1.84 bits per heavy atom. The second kappa shape index (κ2) is 8.26. The van der Waals surface area contributed by atoms with Crippen molar-refractivity contribution in [2.75, 3.05) is 13.4 Å². The van der Waals surface area contributed by atoms with Gasteiger partial charge in [-0.05, 0) is 49.4 Å². The van der Waals surface area contributed by atoms with E-state index in [-0.39, 0.29) is 31.1 Å². The number of fused-ring (bicyclic) bond motifs is 1. The van der Waals surface area contributed by atoms with Crippen LogP contribution in [0.15, 0.2) is 64.8 Å². The van der Waals surface area contributed by atoms with Crippen LogP contribution in [0.2, 0.25) is 0 Å². The standard InChI is InChI=1S/C26H25NO5/c1-3-30-26(29)23-15(2)27-19-11-18(16-7-5-4-6-8-16)12-20(28)25(19)24(23)17-9-10-21-22(13-17)32-14-31-21/h4-10,13,18,23-24H,3,11-12,14H2,1-2H3/t18-,23?,24-/m0/s1. The van der Waals surface area contributed by atoms with Crippen LogP contribution in [-0.4, -0.2) is 30.9 Å². The van der Waals surface area contributed by atoms with Gasteiger partial charge in [-0.1, -0.05) is 36.4 Å². The molecule has 0 spiro atoms. The number of carbonyl (C=O) groups excluding carboxylic acids is 2. The van der Waals surface area contributed by atoms with Crippen molar-refractivity contribution in [3.63, 3.8) is 0 Å². The van der Waals surface area contributed by atoms with Crippen molar-refractivity contribution in [3.05, 3.63) is 70.9 Å². The van der Waals surface area contributed by atoms with Crippen LogP contribution in [0.3, 0.4) is 0 Å². The average Bonchev–Trinajstić information content (AvgIpc) is 3.26. The fraction of sp³-hybridized carbons (Fsp3) is 0.346. The predicted octanol–water partition coefficient (Wildman–Crippen LogP) is 4.55. The van der Waals surface area contributed by atoms with E-state index in [9.17, 15) is 9.59 Å². The number of carbonyl (C=O) groups is 2. The van der Waals surface area contributed by atoms with Crippen molar-refractivity contribution >= 4 is 17.5 Å². The smallest absolute Gasteiger partial charge is 0.315 e. The highest BCUT2D eigenvalue weighted by Gasteiger charge is 2.45. The Bertz CT molecular complexity index is 1130. The van der Waals surface area contributed by atoms with Gasteiger partial charge in [0.1, 0.15) is 5.92 Å². The summed E-state index contributed by atoms with van der Waals surface area (Å²) in [4.78, 5) is 31.3. The number of ether oxygens (including phenoxy) is 3. The zero-order valence-corrected chi connectivity index (χ0v) is 18.2. The van der Waals surface area contributed by atoms with Gasteiger partial charge in [0.15, 0.2) is 17.3 Å². The van der Waals surface area contributed by atoms with Crippen LogP contribution in [0.1, 0.15) is 49.7 Å². The monoisotopic (exact) mass is 431 g/mol. The summed E-state index contributed by atoms with van der Waals surface area (Å²) in [7, 11) is 0. The second-order valence-electron chi connectivity index (χ2n) is 8.37. The number of rotatable bonds is 4. The van der Waals surface area contributed by atoms with Gasteiger partial charge in [0, 0.05) is 29.3 Å². The Balaban J connectivity index is 1.60. The van der Waals surface area contributed by atoms with E-state index in [0.717, 1.165) is 16.8 Å². The first-order valence-corrected chi connectivity index (χ1v) is 11.0. The van der Waals surface area contributed by atoms with Crippen molar-refractivity contribution in [3.8, 4) is 11.5 Å². The number of aliphatic imine (C=N–C) groups is 1. The molecule has 0 saturated carbocycles. The second-order valence-corrected chi connectivity index (χ2v) is 8.37. The van der Waals surface area contributed by atoms with Crippen LogP contribution in [0, 0.1) is 5.92 Å². The van der Waals surface area contributed by atoms with Crippen molar-refractivity contribution in [1.82, 2.24) is 0 Å². The molecule has 0 aromatic heterocycles. The van der Waals surface area contributed by atoms with Crippen molar-refractivity contribution in [1.29, 1.82) is 0 Å². The van der Waals surface area contributed by atoms with E-state index in [1.165, 1.54) is 0 Å². The Hall–Kier alpha value is -3.41. The molecular weight excluding hydrogens is 406 g/mol. The molecule has 0 fully saturated rings. The molecule has 3 atom stereocenters. The van der Waals surface area contributed by atoms with E-state index in [0.29, 0.717) is 35.6 Å². The highest BCUT2D eigenvalue weighted by atomic mass is 16.7. The van der Waals surface area contributed by atoms with Crippen molar-refractivity contribution < 1.29 is 23.8 Å². The fourth-order valence-corrected chi connectivity index (χ4v) is 5.02. The molecule has 1 unspecified atom stereocenters. The molecule has 0 saturated heterocycles. The summed E-state index contributed by atoms with van der Waals surface area (Å²) in [5.74, 6) is -0.0646. The summed E-state index contributed by atoms with van der Waals surface area (Å²) in [6, 6.07) is 15.7. The van der Waals surface area contributed by atoms with Crippen LogP contribution in [0.5, 0.6) is 11.5 Å². The molecule has 2 aliphatic heterocycles. The van der Waals surface area contributed by atoms with Gasteiger partial charge in [-0.15, -0.1) is 0 Å². The van der Waals surface area contributed by atoms with E-state index in [1.807, 2.05) is 43.3 Å². The first kappa shape index (κ1) is 20.5. The van der Waals surface area contributed by atoms with Gasteiger partial charge in [-0.25, -0.2) is 0 Å². The molecule has 0 amide bonds. The van der Waals surface area contributed by atoms with Gasteiger partial charge < -0.3 is 14.2 Å². The van der Waals surface area contributed by atoms with Gasteiger partial charge in [-0.2, -0.15) is 0 Å². The van der Waals surface area contributed by atoms with Gasteiger partial charge >= 0.3 is 5.97 Å². The zero-order chi connectivity index (χ0) is 22.2. The molecule has 1 aliphatic carbocycles. The van der Waals surface area contributed by atoms with Gasteiger partial charge in [-0.3, -0.25) is 14.6 Å². The van der Waals surface area contributed by atoms with Crippen molar-refractivity contribution in [2.45, 2.75) is 38.5 Å². The topological polar surface area (TPSA) is 74.2 Å². The summed E-state index contributed by atoms with van der Waals surface area (Å²) in [6.45, 7) is 4.06. The van der Waals surface area contributed by atoms with E-state index in [2.05, 4.69) is 12.1 Å². The van der Waals surface area contributed by atoms with Crippen LogP contribution in [0.25, 0.3) is 0 Å². The third-order valence-electron chi connectivity index (χ3n) is 6.46. The number of allylic oxidation sites excluding steroid dienone is 2.